The van der Waals surface area contributed by atoms with Gasteiger partial charge in [-0.25, -0.2) is 13.1 Å². The fourth-order valence-corrected chi connectivity index (χ4v) is 4.21. The Morgan fingerprint density at radius 3 is 2.60 bits per heavy atom. The lowest BCUT2D eigenvalue weighted by molar-refractivity contribution is 0.161. The molecule has 1 aromatic heterocycles. The van der Waals surface area contributed by atoms with E-state index in [2.05, 4.69) is 14.7 Å². The summed E-state index contributed by atoms with van der Waals surface area (Å²) in [6.07, 6.45) is 5.92. The van der Waals surface area contributed by atoms with E-state index in [9.17, 15) is 8.42 Å². The number of likely N-dealkylation sites (N-methyl/N-ethyl adjacent to an activating group) is 1. The Labute approximate surface area is 121 Å². The van der Waals surface area contributed by atoms with Crippen LogP contribution in [0.4, 0.5) is 0 Å². The molecule has 1 aliphatic carbocycles. The van der Waals surface area contributed by atoms with Gasteiger partial charge in [0.25, 0.3) is 10.0 Å². The van der Waals surface area contributed by atoms with Crippen molar-refractivity contribution < 1.29 is 8.42 Å². The number of sulfonamides is 1. The van der Waals surface area contributed by atoms with Crippen LogP contribution >= 0.6 is 0 Å². The van der Waals surface area contributed by atoms with Crippen LogP contribution in [0.2, 0.25) is 0 Å². The van der Waals surface area contributed by atoms with Crippen molar-refractivity contribution in [2.45, 2.75) is 49.7 Å². The van der Waals surface area contributed by atoms with Crippen molar-refractivity contribution >= 4 is 10.0 Å². The third-order valence-corrected chi connectivity index (χ3v) is 5.75. The van der Waals surface area contributed by atoms with E-state index in [1.54, 1.807) is 6.07 Å². The Balaban J connectivity index is 2.13. The monoisotopic (exact) mass is 300 g/mol. The molecule has 7 heteroatoms. The van der Waals surface area contributed by atoms with Gasteiger partial charge in [-0.2, -0.15) is 5.10 Å². The van der Waals surface area contributed by atoms with E-state index in [1.165, 1.54) is 10.9 Å². The lowest BCUT2D eigenvalue weighted by atomic mass is 9.97. The van der Waals surface area contributed by atoms with Crippen LogP contribution in [0.3, 0.4) is 0 Å². The lowest BCUT2D eigenvalue weighted by Crippen LogP contribution is -2.50. The van der Waals surface area contributed by atoms with Crippen molar-refractivity contribution in [3.63, 3.8) is 0 Å². The van der Waals surface area contributed by atoms with E-state index in [4.69, 9.17) is 0 Å². The SMILES string of the molecule is CCn1nccc1S(=O)(=O)NCC1(N(C)C)CCCC1. The van der Waals surface area contributed by atoms with Gasteiger partial charge >= 0.3 is 0 Å². The number of nitrogens with zero attached hydrogens (tertiary/aromatic N) is 3. The molecular weight excluding hydrogens is 276 g/mol. The summed E-state index contributed by atoms with van der Waals surface area (Å²) >= 11 is 0. The van der Waals surface area contributed by atoms with Crippen molar-refractivity contribution in [3.05, 3.63) is 12.3 Å². The first kappa shape index (κ1) is 15.5. The first-order valence-corrected chi connectivity index (χ1v) is 8.58. The first-order chi connectivity index (χ1) is 9.41. The van der Waals surface area contributed by atoms with E-state index < -0.39 is 10.0 Å². The minimum Gasteiger partial charge on any atom is -0.302 e. The molecule has 0 unspecified atom stereocenters. The third kappa shape index (κ3) is 2.89. The molecule has 0 bridgehead atoms. The Hall–Kier alpha value is -0.920. The molecule has 0 saturated heterocycles. The van der Waals surface area contributed by atoms with Crippen molar-refractivity contribution in [2.75, 3.05) is 20.6 Å². The molecule has 1 saturated carbocycles. The fraction of sp³-hybridized carbons (Fsp3) is 0.769. The zero-order valence-electron chi connectivity index (χ0n) is 12.5. The molecule has 0 atom stereocenters. The van der Waals surface area contributed by atoms with Gasteiger partial charge in [0.15, 0.2) is 5.03 Å². The van der Waals surface area contributed by atoms with Gasteiger partial charge in [-0.05, 0) is 39.9 Å². The lowest BCUT2D eigenvalue weighted by Gasteiger charge is -2.36. The maximum absolute atomic E-state index is 12.4. The van der Waals surface area contributed by atoms with Gasteiger partial charge in [-0.1, -0.05) is 12.8 Å². The molecule has 1 aromatic rings. The molecule has 2 rings (SSSR count). The number of hydrogen-bond acceptors (Lipinski definition) is 4. The second kappa shape index (κ2) is 5.83. The van der Waals surface area contributed by atoms with Gasteiger partial charge in [0, 0.05) is 18.6 Å². The largest absolute Gasteiger partial charge is 0.302 e. The average molecular weight is 300 g/mol. The van der Waals surface area contributed by atoms with E-state index in [0.717, 1.165) is 25.7 Å². The van der Waals surface area contributed by atoms with Crippen LogP contribution < -0.4 is 4.72 Å². The van der Waals surface area contributed by atoms with E-state index in [-0.39, 0.29) is 10.6 Å². The summed E-state index contributed by atoms with van der Waals surface area (Å²) in [5.74, 6) is 0. The van der Waals surface area contributed by atoms with Crippen molar-refractivity contribution in [1.82, 2.24) is 19.4 Å². The van der Waals surface area contributed by atoms with Crippen LogP contribution in [0.1, 0.15) is 32.6 Å². The van der Waals surface area contributed by atoms with Gasteiger partial charge in [0.1, 0.15) is 0 Å². The van der Waals surface area contributed by atoms with Crippen molar-refractivity contribution in [1.29, 1.82) is 0 Å². The highest BCUT2D eigenvalue weighted by Gasteiger charge is 2.37. The van der Waals surface area contributed by atoms with Crippen LogP contribution in [0, 0.1) is 0 Å². The molecule has 20 heavy (non-hydrogen) atoms. The maximum Gasteiger partial charge on any atom is 0.257 e. The molecule has 1 N–H and O–H groups in total. The van der Waals surface area contributed by atoms with Crippen LogP contribution in [0.5, 0.6) is 0 Å². The van der Waals surface area contributed by atoms with Gasteiger partial charge in [-0.3, -0.25) is 4.68 Å². The molecule has 0 aliphatic heterocycles. The molecule has 1 heterocycles. The Kier molecular flexibility index (Phi) is 4.51. The average Bonchev–Trinajstić information content (AvgIpc) is 3.06. The molecule has 0 spiro atoms. The van der Waals surface area contributed by atoms with Gasteiger partial charge < -0.3 is 4.90 Å². The fourth-order valence-electron chi connectivity index (χ4n) is 2.90. The van der Waals surface area contributed by atoms with Crippen LogP contribution in [-0.2, 0) is 16.6 Å². The summed E-state index contributed by atoms with van der Waals surface area (Å²) < 4.78 is 29.1. The van der Waals surface area contributed by atoms with Gasteiger partial charge in [0.2, 0.25) is 0 Å². The van der Waals surface area contributed by atoms with Crippen molar-refractivity contribution in [3.8, 4) is 0 Å². The first-order valence-electron chi connectivity index (χ1n) is 7.10. The number of aromatic nitrogens is 2. The predicted molar refractivity (Wildman–Crippen MR) is 78.0 cm³/mol. The normalized spacial score (nSPS) is 18.8. The second-order valence-corrected chi connectivity index (χ2v) is 7.35. The highest BCUT2D eigenvalue weighted by atomic mass is 32.2. The molecule has 0 aromatic carbocycles. The summed E-state index contributed by atoms with van der Waals surface area (Å²) in [5.41, 5.74) is -0.0515. The van der Waals surface area contributed by atoms with E-state index in [0.29, 0.717) is 13.1 Å². The van der Waals surface area contributed by atoms with E-state index >= 15 is 0 Å². The Morgan fingerprint density at radius 2 is 2.05 bits per heavy atom. The molecule has 0 amide bonds. The van der Waals surface area contributed by atoms with Gasteiger partial charge in [-0.15, -0.1) is 0 Å². The number of aryl methyl sites for hydroxylation is 1. The Morgan fingerprint density at radius 1 is 1.40 bits per heavy atom. The Bertz CT molecular complexity index is 544. The summed E-state index contributed by atoms with van der Waals surface area (Å²) in [7, 11) is 0.552. The second-order valence-electron chi connectivity index (χ2n) is 5.64. The highest BCUT2D eigenvalue weighted by Crippen LogP contribution is 2.33. The standard InChI is InChI=1S/C13H24N4O2S/c1-4-17-12(7-10-14-17)20(18,19)15-11-13(16(2)3)8-5-6-9-13/h7,10,15H,4-6,8-9,11H2,1-3H3. The third-order valence-electron chi connectivity index (χ3n) is 4.33. The minimum absolute atomic E-state index is 0.0515. The van der Waals surface area contributed by atoms with Gasteiger partial charge in [0.05, 0.1) is 6.20 Å². The van der Waals surface area contributed by atoms with Crippen LogP contribution in [0.15, 0.2) is 17.3 Å². The van der Waals surface area contributed by atoms with Crippen LogP contribution in [0.25, 0.3) is 0 Å². The maximum atomic E-state index is 12.4. The molecule has 114 valence electrons. The molecule has 0 radical (unpaired) electrons. The zero-order chi connectivity index (χ0) is 14.8. The zero-order valence-corrected chi connectivity index (χ0v) is 13.3. The highest BCUT2D eigenvalue weighted by molar-refractivity contribution is 7.89. The topological polar surface area (TPSA) is 67.2 Å². The summed E-state index contributed by atoms with van der Waals surface area (Å²) in [6.45, 7) is 2.88. The summed E-state index contributed by atoms with van der Waals surface area (Å²) in [5, 5.41) is 4.26. The summed E-state index contributed by atoms with van der Waals surface area (Å²) in [4.78, 5) is 2.15. The number of nitrogens with one attached hydrogen (secondary N) is 1. The predicted octanol–water partition coefficient (Wildman–Crippen LogP) is 1.06. The van der Waals surface area contributed by atoms with Crippen molar-refractivity contribution in [2.24, 2.45) is 0 Å². The van der Waals surface area contributed by atoms with Crippen LogP contribution in [-0.4, -0.2) is 49.3 Å². The smallest absolute Gasteiger partial charge is 0.257 e. The number of hydrogen-bond donors (Lipinski definition) is 1. The molecule has 6 nitrogen and oxygen atoms in total. The minimum atomic E-state index is -3.50. The quantitative estimate of drug-likeness (QED) is 0.853. The molecular formula is C13H24N4O2S. The number of rotatable bonds is 6. The summed E-state index contributed by atoms with van der Waals surface area (Å²) in [6, 6.07) is 1.54. The molecule has 1 fully saturated rings. The molecule has 1 aliphatic rings. The van der Waals surface area contributed by atoms with E-state index in [1.807, 2.05) is 21.0 Å².